The first-order valence-corrected chi connectivity index (χ1v) is 12.9. The first kappa shape index (κ1) is 24.5. The number of carbonyl (C=O) groups excluding carboxylic acids is 2. The number of amides is 1. The number of anilines is 1. The number of esters is 1. The Labute approximate surface area is 198 Å². The second-order valence-electron chi connectivity index (χ2n) is 8.16. The fraction of sp³-hybridized carbons (Fsp3) is 0.565. The van der Waals surface area contributed by atoms with Crippen molar-refractivity contribution in [2.24, 2.45) is 5.92 Å². The molecule has 0 bridgehead atoms. The number of hydrogen-bond acceptors (Lipinski definition) is 7. The van der Waals surface area contributed by atoms with Gasteiger partial charge in [-0.15, -0.1) is 28.1 Å². The summed E-state index contributed by atoms with van der Waals surface area (Å²) in [5, 5.41) is 12.8. The van der Waals surface area contributed by atoms with Crippen molar-refractivity contribution in [3.05, 3.63) is 34.5 Å². The minimum atomic E-state index is -0.442. The summed E-state index contributed by atoms with van der Waals surface area (Å²) in [6, 6.07) is 0. The molecule has 0 atom stereocenters. The van der Waals surface area contributed by atoms with E-state index in [9.17, 15) is 9.59 Å². The highest BCUT2D eigenvalue weighted by molar-refractivity contribution is 7.99. The molecule has 0 spiro atoms. The average Bonchev–Trinajstić information content (AvgIpc) is 3.30. The van der Waals surface area contributed by atoms with E-state index in [4.69, 9.17) is 4.74 Å². The van der Waals surface area contributed by atoms with Crippen LogP contribution >= 0.6 is 23.1 Å². The molecule has 0 radical (unpaired) electrons. The number of allylic oxidation sites excluding steroid dienone is 1. The van der Waals surface area contributed by atoms with Gasteiger partial charge in [-0.05, 0) is 31.7 Å². The van der Waals surface area contributed by atoms with E-state index in [0.717, 1.165) is 35.0 Å². The number of nitrogens with one attached hydrogen (secondary N) is 1. The lowest BCUT2D eigenvalue weighted by Gasteiger charge is -2.21. The highest BCUT2D eigenvalue weighted by Crippen LogP contribution is 2.33. The minimum absolute atomic E-state index is 0.175. The Morgan fingerprint density at radius 3 is 2.72 bits per heavy atom. The van der Waals surface area contributed by atoms with Gasteiger partial charge in [-0.1, -0.05) is 49.9 Å². The fourth-order valence-corrected chi connectivity index (χ4v) is 5.92. The SMILES string of the molecule is C=CCn1c(CCC2CCCCC2)nnc1SCC(=O)Nc1sc(C)c(C)c1C(=O)OC. The zero-order valence-electron chi connectivity index (χ0n) is 19.1. The van der Waals surface area contributed by atoms with Gasteiger partial charge in [0.05, 0.1) is 18.4 Å². The Morgan fingerprint density at radius 1 is 1.28 bits per heavy atom. The van der Waals surface area contributed by atoms with Gasteiger partial charge in [0.15, 0.2) is 5.16 Å². The summed E-state index contributed by atoms with van der Waals surface area (Å²) in [4.78, 5) is 25.7. The molecule has 1 N–H and O–H groups in total. The Kier molecular flexibility index (Phi) is 8.92. The van der Waals surface area contributed by atoms with Gasteiger partial charge in [0.25, 0.3) is 0 Å². The van der Waals surface area contributed by atoms with E-state index in [1.54, 1.807) is 0 Å². The van der Waals surface area contributed by atoms with Crippen molar-refractivity contribution in [1.82, 2.24) is 14.8 Å². The van der Waals surface area contributed by atoms with Crippen LogP contribution in [0.4, 0.5) is 5.00 Å². The van der Waals surface area contributed by atoms with Crippen LogP contribution in [0.25, 0.3) is 0 Å². The second kappa shape index (κ2) is 11.7. The third kappa shape index (κ3) is 6.01. The molecule has 1 aliphatic rings. The van der Waals surface area contributed by atoms with Crippen LogP contribution in [0.3, 0.4) is 0 Å². The van der Waals surface area contributed by atoms with Crippen LogP contribution in [0.5, 0.6) is 0 Å². The highest BCUT2D eigenvalue weighted by atomic mass is 32.2. The molecule has 2 aromatic heterocycles. The first-order valence-electron chi connectivity index (χ1n) is 11.1. The number of rotatable bonds is 10. The monoisotopic (exact) mass is 476 g/mol. The van der Waals surface area contributed by atoms with Crippen LogP contribution in [0.2, 0.25) is 0 Å². The summed E-state index contributed by atoms with van der Waals surface area (Å²) in [5.41, 5.74) is 1.26. The largest absolute Gasteiger partial charge is 0.465 e. The predicted molar refractivity (Wildman–Crippen MR) is 130 cm³/mol. The lowest BCUT2D eigenvalue weighted by molar-refractivity contribution is -0.113. The van der Waals surface area contributed by atoms with Crippen molar-refractivity contribution < 1.29 is 14.3 Å². The van der Waals surface area contributed by atoms with Gasteiger partial charge >= 0.3 is 5.97 Å². The van der Waals surface area contributed by atoms with Crippen LogP contribution in [0, 0.1) is 19.8 Å². The molecule has 2 heterocycles. The number of aromatic nitrogens is 3. The molecule has 174 valence electrons. The zero-order chi connectivity index (χ0) is 23.1. The Morgan fingerprint density at radius 2 is 2.03 bits per heavy atom. The van der Waals surface area contributed by atoms with Crippen molar-refractivity contribution in [2.45, 2.75) is 70.5 Å². The number of methoxy groups -OCH3 is 1. The molecular weight excluding hydrogens is 444 g/mol. The molecule has 7 nitrogen and oxygen atoms in total. The van der Waals surface area contributed by atoms with Gasteiger partial charge < -0.3 is 14.6 Å². The van der Waals surface area contributed by atoms with Crippen molar-refractivity contribution in [3.8, 4) is 0 Å². The van der Waals surface area contributed by atoms with Gasteiger partial charge in [-0.25, -0.2) is 4.79 Å². The van der Waals surface area contributed by atoms with E-state index < -0.39 is 5.97 Å². The molecule has 32 heavy (non-hydrogen) atoms. The normalized spacial score (nSPS) is 14.3. The molecule has 9 heteroatoms. The molecular formula is C23H32N4O3S2. The third-order valence-corrected chi connectivity index (χ3v) is 8.06. The lowest BCUT2D eigenvalue weighted by Crippen LogP contribution is -2.16. The quantitative estimate of drug-likeness (QED) is 0.289. The van der Waals surface area contributed by atoms with E-state index >= 15 is 0 Å². The number of nitrogens with zero attached hydrogens (tertiary/aromatic N) is 3. The average molecular weight is 477 g/mol. The second-order valence-corrected chi connectivity index (χ2v) is 10.3. The highest BCUT2D eigenvalue weighted by Gasteiger charge is 2.22. The molecule has 0 aromatic carbocycles. The van der Waals surface area contributed by atoms with E-state index in [1.165, 1.54) is 62.3 Å². The number of ether oxygens (including phenoxy) is 1. The van der Waals surface area contributed by atoms with Crippen molar-refractivity contribution >= 4 is 40.0 Å². The van der Waals surface area contributed by atoms with Crippen LogP contribution in [0.15, 0.2) is 17.8 Å². The maximum atomic E-state index is 12.6. The van der Waals surface area contributed by atoms with E-state index in [0.29, 0.717) is 22.3 Å². The standard InChI is InChI=1S/C23H32N4O3S2/c1-5-13-27-18(12-11-17-9-7-6-8-10-17)25-26-23(27)31-14-19(28)24-21-20(22(29)30-4)15(2)16(3)32-21/h5,17H,1,6-14H2,2-4H3,(H,24,28). The number of thiophene rings is 1. The van der Waals surface area contributed by atoms with E-state index in [2.05, 4.69) is 22.1 Å². The third-order valence-electron chi connectivity index (χ3n) is 5.97. The number of carbonyl (C=O) groups is 2. The van der Waals surface area contributed by atoms with Gasteiger partial charge in [0.2, 0.25) is 5.91 Å². The van der Waals surface area contributed by atoms with Crippen LogP contribution < -0.4 is 5.32 Å². The topological polar surface area (TPSA) is 86.1 Å². The summed E-state index contributed by atoms with van der Waals surface area (Å²) >= 11 is 2.73. The molecule has 1 fully saturated rings. The van der Waals surface area contributed by atoms with E-state index in [1.807, 2.05) is 24.5 Å². The maximum Gasteiger partial charge on any atom is 0.341 e. The molecule has 0 saturated heterocycles. The van der Waals surface area contributed by atoms with Gasteiger partial charge in [-0.3, -0.25) is 4.79 Å². The van der Waals surface area contributed by atoms with Crippen LogP contribution in [-0.2, 0) is 22.5 Å². The van der Waals surface area contributed by atoms with Crippen LogP contribution in [0.1, 0.15) is 65.1 Å². The molecule has 1 aliphatic carbocycles. The number of thioether (sulfide) groups is 1. The smallest absolute Gasteiger partial charge is 0.341 e. The molecule has 0 unspecified atom stereocenters. The van der Waals surface area contributed by atoms with Gasteiger partial charge in [0.1, 0.15) is 10.8 Å². The fourth-order valence-electron chi connectivity index (χ4n) is 4.09. The Balaban J connectivity index is 1.62. The summed E-state index contributed by atoms with van der Waals surface area (Å²) in [6.07, 6.45) is 10.5. The number of hydrogen-bond donors (Lipinski definition) is 1. The summed E-state index contributed by atoms with van der Waals surface area (Å²) in [7, 11) is 1.34. The Hall–Kier alpha value is -2.13. The van der Waals surface area contributed by atoms with Crippen molar-refractivity contribution in [1.29, 1.82) is 0 Å². The summed E-state index contributed by atoms with van der Waals surface area (Å²) in [5.74, 6) is 1.27. The van der Waals surface area contributed by atoms with Gasteiger partial charge in [-0.2, -0.15) is 0 Å². The molecule has 3 rings (SSSR count). The Bertz CT molecular complexity index is 961. The van der Waals surface area contributed by atoms with Crippen molar-refractivity contribution in [3.63, 3.8) is 0 Å². The van der Waals surface area contributed by atoms with Gasteiger partial charge in [0, 0.05) is 17.8 Å². The summed E-state index contributed by atoms with van der Waals surface area (Å²) in [6.45, 7) is 8.25. The lowest BCUT2D eigenvalue weighted by atomic mass is 9.86. The maximum absolute atomic E-state index is 12.6. The molecule has 0 aliphatic heterocycles. The molecule has 1 amide bonds. The van der Waals surface area contributed by atoms with Crippen molar-refractivity contribution in [2.75, 3.05) is 18.2 Å². The predicted octanol–water partition coefficient (Wildman–Crippen LogP) is 5.17. The van der Waals surface area contributed by atoms with Crippen LogP contribution in [-0.4, -0.2) is 39.5 Å². The zero-order valence-corrected chi connectivity index (χ0v) is 20.7. The molecule has 2 aromatic rings. The van der Waals surface area contributed by atoms with E-state index in [-0.39, 0.29) is 11.7 Å². The number of aryl methyl sites for hydroxylation is 2. The summed E-state index contributed by atoms with van der Waals surface area (Å²) < 4.78 is 6.92. The first-order chi connectivity index (χ1) is 15.4. The molecule has 1 saturated carbocycles. The minimum Gasteiger partial charge on any atom is -0.465 e.